The van der Waals surface area contributed by atoms with E-state index in [4.69, 9.17) is 16.7 Å². The predicted octanol–water partition coefficient (Wildman–Crippen LogP) is 2.73. The van der Waals surface area contributed by atoms with Crippen molar-refractivity contribution in [3.8, 4) is 0 Å². The molecule has 1 aliphatic heterocycles. The quantitative estimate of drug-likeness (QED) is 0.899. The fourth-order valence-corrected chi connectivity index (χ4v) is 4.09. The van der Waals surface area contributed by atoms with Gasteiger partial charge in [0.05, 0.1) is 0 Å². The molecule has 2 atom stereocenters. The first kappa shape index (κ1) is 11.3. The molecule has 6 heteroatoms. The summed E-state index contributed by atoms with van der Waals surface area (Å²) in [7, 11) is 0. The van der Waals surface area contributed by atoms with E-state index in [2.05, 4.69) is 9.88 Å². The zero-order chi connectivity index (χ0) is 12.0. The van der Waals surface area contributed by atoms with E-state index in [1.807, 2.05) is 0 Å². The third-order valence-electron chi connectivity index (χ3n) is 3.77. The van der Waals surface area contributed by atoms with Crippen molar-refractivity contribution in [2.75, 3.05) is 18.0 Å². The summed E-state index contributed by atoms with van der Waals surface area (Å²) in [5.74, 6) is 0.551. The van der Waals surface area contributed by atoms with Gasteiger partial charge in [-0.25, -0.2) is 9.78 Å². The van der Waals surface area contributed by atoms with E-state index in [-0.39, 0.29) is 10.0 Å². The molecular weight excluding hydrogens is 260 g/mol. The van der Waals surface area contributed by atoms with E-state index in [1.165, 1.54) is 30.6 Å². The van der Waals surface area contributed by atoms with E-state index in [9.17, 15) is 4.79 Å². The van der Waals surface area contributed by atoms with E-state index in [1.54, 1.807) is 0 Å². The highest BCUT2D eigenvalue weighted by atomic mass is 35.5. The van der Waals surface area contributed by atoms with Crippen molar-refractivity contribution in [3.63, 3.8) is 0 Å². The molecule has 1 aromatic heterocycles. The van der Waals surface area contributed by atoms with Gasteiger partial charge in [-0.1, -0.05) is 29.4 Å². The second kappa shape index (κ2) is 4.14. The fourth-order valence-electron chi connectivity index (χ4n) is 2.95. The molecule has 2 fully saturated rings. The van der Waals surface area contributed by atoms with Crippen LogP contribution in [-0.4, -0.2) is 29.1 Å². The van der Waals surface area contributed by atoms with Crippen LogP contribution in [0.2, 0.25) is 5.15 Å². The van der Waals surface area contributed by atoms with Crippen LogP contribution in [0.1, 0.15) is 28.9 Å². The molecule has 2 aliphatic rings. The Bertz CT molecular complexity index is 450. The number of anilines is 1. The SMILES string of the molecule is O=C(O)c1sc(N2CC3CCCC3C2)nc1Cl. The van der Waals surface area contributed by atoms with Gasteiger partial charge in [-0.3, -0.25) is 0 Å². The number of carboxylic acid groups (broad SMARTS) is 1. The number of aromatic nitrogens is 1. The van der Waals surface area contributed by atoms with Crippen LogP contribution in [0.25, 0.3) is 0 Å². The summed E-state index contributed by atoms with van der Waals surface area (Å²) in [6, 6.07) is 0. The molecule has 0 bridgehead atoms. The largest absolute Gasteiger partial charge is 0.477 e. The van der Waals surface area contributed by atoms with Crippen LogP contribution in [0.4, 0.5) is 5.13 Å². The Kier molecular flexibility index (Phi) is 2.75. The van der Waals surface area contributed by atoms with Crippen molar-refractivity contribution in [3.05, 3.63) is 10.0 Å². The molecular formula is C11H13ClN2O2S. The molecule has 0 aromatic carbocycles. The monoisotopic (exact) mass is 272 g/mol. The standard InChI is InChI=1S/C11H13ClN2O2S/c12-9-8(10(15)16)17-11(13-9)14-4-6-2-1-3-7(6)5-14/h6-7H,1-5H2,(H,15,16). The van der Waals surface area contributed by atoms with E-state index >= 15 is 0 Å². The highest BCUT2D eigenvalue weighted by Gasteiger charge is 2.37. The lowest BCUT2D eigenvalue weighted by Gasteiger charge is -2.14. The Hall–Kier alpha value is -0.810. The van der Waals surface area contributed by atoms with Crippen molar-refractivity contribution in [1.82, 2.24) is 4.98 Å². The number of aromatic carboxylic acids is 1. The zero-order valence-corrected chi connectivity index (χ0v) is 10.8. The van der Waals surface area contributed by atoms with Crippen LogP contribution >= 0.6 is 22.9 Å². The summed E-state index contributed by atoms with van der Waals surface area (Å²) < 4.78 is 0. The second-order valence-electron chi connectivity index (χ2n) is 4.78. The smallest absolute Gasteiger partial charge is 0.349 e. The molecule has 1 saturated carbocycles. The maximum Gasteiger partial charge on any atom is 0.349 e. The first-order valence-electron chi connectivity index (χ1n) is 5.79. The van der Waals surface area contributed by atoms with Gasteiger partial charge in [0, 0.05) is 13.1 Å². The highest BCUT2D eigenvalue weighted by Crippen LogP contribution is 2.41. The lowest BCUT2D eigenvalue weighted by atomic mass is 10.0. The van der Waals surface area contributed by atoms with Gasteiger partial charge in [0.25, 0.3) is 0 Å². The number of carboxylic acids is 1. The molecule has 0 spiro atoms. The van der Waals surface area contributed by atoms with Crippen LogP contribution in [0.3, 0.4) is 0 Å². The Morgan fingerprint density at radius 2 is 2.06 bits per heavy atom. The minimum atomic E-state index is -0.988. The van der Waals surface area contributed by atoms with Gasteiger partial charge < -0.3 is 10.0 Å². The number of carbonyl (C=O) groups is 1. The predicted molar refractivity (Wildman–Crippen MR) is 67.1 cm³/mol. The molecule has 4 nitrogen and oxygen atoms in total. The Morgan fingerprint density at radius 3 is 2.59 bits per heavy atom. The molecule has 0 amide bonds. The Balaban J connectivity index is 1.81. The van der Waals surface area contributed by atoms with Gasteiger partial charge in [0.15, 0.2) is 15.2 Å². The molecule has 2 heterocycles. The summed E-state index contributed by atoms with van der Waals surface area (Å²) in [5, 5.41) is 9.84. The van der Waals surface area contributed by atoms with Crippen LogP contribution in [0, 0.1) is 11.8 Å². The molecule has 92 valence electrons. The van der Waals surface area contributed by atoms with Crippen molar-refractivity contribution in [1.29, 1.82) is 0 Å². The van der Waals surface area contributed by atoms with Gasteiger partial charge in [-0.2, -0.15) is 0 Å². The Labute approximate surface area is 108 Å². The van der Waals surface area contributed by atoms with Gasteiger partial charge in [0.1, 0.15) is 0 Å². The summed E-state index contributed by atoms with van der Waals surface area (Å²) >= 11 is 7.02. The molecule has 1 N–H and O–H groups in total. The maximum atomic E-state index is 10.9. The van der Waals surface area contributed by atoms with Crippen LogP contribution in [0.15, 0.2) is 0 Å². The number of thiazole rings is 1. The lowest BCUT2D eigenvalue weighted by molar-refractivity contribution is 0.0702. The third kappa shape index (κ3) is 1.91. The summed E-state index contributed by atoms with van der Waals surface area (Å²) in [6.45, 7) is 2.02. The topological polar surface area (TPSA) is 53.4 Å². The third-order valence-corrected chi connectivity index (χ3v) is 5.26. The molecule has 1 saturated heterocycles. The molecule has 1 aliphatic carbocycles. The zero-order valence-electron chi connectivity index (χ0n) is 9.23. The number of hydrogen-bond donors (Lipinski definition) is 1. The van der Waals surface area contributed by atoms with Crippen molar-refractivity contribution in [2.45, 2.75) is 19.3 Å². The summed E-state index contributed by atoms with van der Waals surface area (Å²) in [6.07, 6.45) is 3.93. The van der Waals surface area contributed by atoms with Crippen molar-refractivity contribution >= 4 is 34.0 Å². The summed E-state index contributed by atoms with van der Waals surface area (Å²) in [4.78, 5) is 17.4. The molecule has 2 unspecified atom stereocenters. The average Bonchev–Trinajstić information content (AvgIpc) is 2.88. The molecule has 1 aromatic rings. The van der Waals surface area contributed by atoms with Gasteiger partial charge >= 0.3 is 5.97 Å². The van der Waals surface area contributed by atoms with E-state index in [0.717, 1.165) is 30.1 Å². The maximum absolute atomic E-state index is 10.9. The minimum absolute atomic E-state index is 0.120. The number of fused-ring (bicyclic) bond motifs is 1. The van der Waals surface area contributed by atoms with E-state index in [0.29, 0.717) is 0 Å². The van der Waals surface area contributed by atoms with Crippen molar-refractivity contribution < 1.29 is 9.90 Å². The molecule has 3 rings (SSSR count). The number of rotatable bonds is 2. The minimum Gasteiger partial charge on any atom is -0.477 e. The van der Waals surface area contributed by atoms with Crippen LogP contribution in [0.5, 0.6) is 0 Å². The number of hydrogen-bond acceptors (Lipinski definition) is 4. The van der Waals surface area contributed by atoms with Crippen molar-refractivity contribution in [2.24, 2.45) is 11.8 Å². The number of nitrogens with zero attached hydrogens (tertiary/aromatic N) is 2. The summed E-state index contributed by atoms with van der Waals surface area (Å²) in [5.41, 5.74) is 0. The van der Waals surface area contributed by atoms with Crippen LogP contribution < -0.4 is 4.90 Å². The molecule has 17 heavy (non-hydrogen) atoms. The lowest BCUT2D eigenvalue weighted by Crippen LogP contribution is -2.20. The average molecular weight is 273 g/mol. The Morgan fingerprint density at radius 1 is 1.41 bits per heavy atom. The number of halogens is 1. The van der Waals surface area contributed by atoms with Gasteiger partial charge in [-0.05, 0) is 24.7 Å². The second-order valence-corrected chi connectivity index (χ2v) is 6.11. The molecule has 0 radical (unpaired) electrons. The highest BCUT2D eigenvalue weighted by molar-refractivity contribution is 7.18. The van der Waals surface area contributed by atoms with Gasteiger partial charge in [-0.15, -0.1) is 0 Å². The van der Waals surface area contributed by atoms with Crippen LogP contribution in [-0.2, 0) is 0 Å². The fraction of sp³-hybridized carbons (Fsp3) is 0.636. The normalized spacial score (nSPS) is 27.5. The first-order valence-corrected chi connectivity index (χ1v) is 6.99. The van der Waals surface area contributed by atoms with Gasteiger partial charge in [0.2, 0.25) is 0 Å². The van der Waals surface area contributed by atoms with E-state index < -0.39 is 5.97 Å². The first-order chi connectivity index (χ1) is 8.15.